The molecule has 33 heavy (non-hydrogen) atoms. The van der Waals surface area contributed by atoms with E-state index in [0.717, 1.165) is 68.1 Å². The predicted octanol–water partition coefficient (Wildman–Crippen LogP) is 7.81. The van der Waals surface area contributed by atoms with Crippen LogP contribution in [0.5, 0.6) is 0 Å². The van der Waals surface area contributed by atoms with Gasteiger partial charge in [0.2, 0.25) is 0 Å². The van der Waals surface area contributed by atoms with Crippen LogP contribution in [0.4, 0.5) is 0 Å². The summed E-state index contributed by atoms with van der Waals surface area (Å²) in [5.41, 5.74) is 4.12. The van der Waals surface area contributed by atoms with E-state index in [1.807, 2.05) is 20.8 Å². The summed E-state index contributed by atoms with van der Waals surface area (Å²) in [6.07, 6.45) is 7.53. The summed E-state index contributed by atoms with van der Waals surface area (Å²) < 4.78 is 11.6. The average molecular weight is 461 g/mol. The van der Waals surface area contributed by atoms with E-state index in [0.29, 0.717) is 0 Å². The summed E-state index contributed by atoms with van der Waals surface area (Å²) in [4.78, 5) is 25.4. The molecule has 1 rings (SSSR count). The number of aryl methyl sites for hydroxylation is 1. The van der Waals surface area contributed by atoms with Gasteiger partial charge in [-0.1, -0.05) is 86.3 Å². The molecule has 0 spiro atoms. The molecule has 0 aromatic heterocycles. The van der Waals surface area contributed by atoms with Gasteiger partial charge in [0.05, 0.1) is 11.8 Å². The fourth-order valence-corrected chi connectivity index (χ4v) is 4.06. The Labute approximate surface area is 202 Å². The van der Waals surface area contributed by atoms with Crippen LogP contribution in [0, 0.1) is 18.8 Å². The van der Waals surface area contributed by atoms with Crippen molar-refractivity contribution >= 4 is 11.9 Å². The average Bonchev–Trinajstić information content (AvgIpc) is 2.76. The Morgan fingerprint density at radius 2 is 1.30 bits per heavy atom. The fourth-order valence-electron chi connectivity index (χ4n) is 4.06. The summed E-state index contributed by atoms with van der Waals surface area (Å²) in [5.74, 6) is -0.358. The molecule has 2 atom stereocenters. The molecule has 1 aromatic rings. The van der Waals surface area contributed by atoms with Crippen molar-refractivity contribution in [2.45, 2.75) is 125 Å². The molecule has 1 aromatic carbocycles. The van der Waals surface area contributed by atoms with Crippen LogP contribution < -0.4 is 0 Å². The van der Waals surface area contributed by atoms with Gasteiger partial charge in [-0.25, -0.2) is 0 Å². The van der Waals surface area contributed by atoms with Gasteiger partial charge in [-0.05, 0) is 60.3 Å². The molecule has 0 aliphatic rings. The van der Waals surface area contributed by atoms with Gasteiger partial charge in [-0.3, -0.25) is 9.59 Å². The van der Waals surface area contributed by atoms with E-state index in [-0.39, 0.29) is 42.4 Å². The Morgan fingerprint density at radius 1 is 0.818 bits per heavy atom. The molecule has 4 heteroatoms. The lowest BCUT2D eigenvalue weighted by Crippen LogP contribution is -2.20. The molecule has 0 aliphatic heterocycles. The smallest absolute Gasteiger partial charge is 0.309 e. The quantitative estimate of drug-likeness (QED) is 0.266. The third kappa shape index (κ3) is 9.51. The molecule has 0 saturated heterocycles. The molecule has 0 radical (unpaired) electrons. The van der Waals surface area contributed by atoms with Crippen molar-refractivity contribution in [1.82, 2.24) is 0 Å². The van der Waals surface area contributed by atoms with Crippen molar-refractivity contribution in [3.63, 3.8) is 0 Å². The van der Waals surface area contributed by atoms with Crippen LogP contribution in [0.1, 0.15) is 122 Å². The van der Waals surface area contributed by atoms with E-state index >= 15 is 0 Å². The van der Waals surface area contributed by atoms with Gasteiger partial charge in [0.1, 0.15) is 13.2 Å². The first-order valence-corrected chi connectivity index (χ1v) is 13.0. The zero-order valence-corrected chi connectivity index (χ0v) is 22.5. The third-order valence-corrected chi connectivity index (χ3v) is 6.62. The second-order valence-corrected chi connectivity index (χ2v) is 10.4. The number of carbonyl (C=O) groups is 2. The molecule has 0 heterocycles. The number of ether oxygens (including phenoxy) is 2. The van der Waals surface area contributed by atoms with Crippen LogP contribution in [0.15, 0.2) is 12.1 Å². The minimum absolute atomic E-state index is 0.0285. The molecule has 188 valence electrons. The molecule has 0 fully saturated rings. The van der Waals surface area contributed by atoms with Crippen LogP contribution in [0.3, 0.4) is 0 Å². The van der Waals surface area contributed by atoms with Gasteiger partial charge >= 0.3 is 11.9 Å². The molecule has 0 amide bonds. The van der Waals surface area contributed by atoms with E-state index in [9.17, 15) is 9.59 Å². The number of benzene rings is 1. The largest absolute Gasteiger partial charge is 0.461 e. The first-order valence-electron chi connectivity index (χ1n) is 13.0. The van der Waals surface area contributed by atoms with Crippen molar-refractivity contribution in [1.29, 1.82) is 0 Å². The lowest BCUT2D eigenvalue weighted by molar-refractivity contribution is -0.152. The van der Waals surface area contributed by atoms with Gasteiger partial charge in [0.25, 0.3) is 0 Å². The summed E-state index contributed by atoms with van der Waals surface area (Å²) in [5, 5.41) is 0. The number of unbranched alkanes of at least 4 members (excludes halogenated alkanes) is 2. The topological polar surface area (TPSA) is 52.6 Å². The highest BCUT2D eigenvalue weighted by molar-refractivity contribution is 5.73. The third-order valence-electron chi connectivity index (χ3n) is 6.62. The van der Waals surface area contributed by atoms with E-state index in [4.69, 9.17) is 9.47 Å². The van der Waals surface area contributed by atoms with Crippen LogP contribution in [0.25, 0.3) is 0 Å². The Balaban J connectivity index is 3.07. The molecule has 2 unspecified atom stereocenters. The molecular formula is C29H48O4. The number of rotatable bonds is 14. The van der Waals surface area contributed by atoms with Crippen LogP contribution in [-0.4, -0.2) is 11.9 Å². The van der Waals surface area contributed by atoms with E-state index < -0.39 is 0 Å². The second-order valence-electron chi connectivity index (χ2n) is 10.4. The molecular weight excluding hydrogens is 412 g/mol. The summed E-state index contributed by atoms with van der Waals surface area (Å²) in [6, 6.07) is 4.28. The van der Waals surface area contributed by atoms with Crippen molar-refractivity contribution in [2.24, 2.45) is 11.8 Å². The molecule has 0 aliphatic carbocycles. The first-order chi connectivity index (χ1) is 15.6. The summed E-state index contributed by atoms with van der Waals surface area (Å²) >= 11 is 0. The molecule has 0 N–H and O–H groups in total. The van der Waals surface area contributed by atoms with Crippen molar-refractivity contribution in [3.05, 3.63) is 34.4 Å². The highest BCUT2D eigenvalue weighted by Crippen LogP contribution is 2.29. The highest BCUT2D eigenvalue weighted by atomic mass is 16.5. The van der Waals surface area contributed by atoms with Gasteiger partial charge < -0.3 is 9.47 Å². The van der Waals surface area contributed by atoms with E-state index in [1.54, 1.807) is 0 Å². The van der Waals surface area contributed by atoms with Crippen LogP contribution in [-0.2, 0) is 37.7 Å². The van der Waals surface area contributed by atoms with E-state index in [1.165, 1.54) is 5.56 Å². The van der Waals surface area contributed by atoms with Gasteiger partial charge in [-0.2, -0.15) is 0 Å². The SMILES string of the molecule is CCCCC(CC)C(=O)OCc1cc(C(C)(C)C)cc(C)c1COC(=O)C(CC)CCCC. The number of hydrogen-bond donors (Lipinski definition) is 0. The lowest BCUT2D eigenvalue weighted by atomic mass is 9.83. The Kier molecular flexibility index (Phi) is 12.8. The van der Waals surface area contributed by atoms with Crippen LogP contribution >= 0.6 is 0 Å². The standard InChI is InChI=1S/C29H48O4/c1-9-13-15-22(11-3)27(30)32-19-24-18-25(29(6,7)8)17-21(5)26(24)20-33-28(31)23(12-4)16-14-10-2/h17-18,22-23H,9-16,19-20H2,1-8H3. The maximum atomic E-state index is 12.7. The predicted molar refractivity (Wildman–Crippen MR) is 136 cm³/mol. The van der Waals surface area contributed by atoms with Crippen molar-refractivity contribution < 1.29 is 19.1 Å². The number of hydrogen-bond acceptors (Lipinski definition) is 4. The number of carbonyl (C=O) groups excluding carboxylic acids is 2. The fraction of sp³-hybridized carbons (Fsp3) is 0.724. The minimum Gasteiger partial charge on any atom is -0.461 e. The van der Waals surface area contributed by atoms with Crippen molar-refractivity contribution in [2.75, 3.05) is 0 Å². The summed E-state index contributed by atoms with van der Waals surface area (Å²) in [6.45, 7) is 17.4. The monoisotopic (exact) mass is 460 g/mol. The molecule has 0 saturated carbocycles. The normalized spacial score (nSPS) is 13.5. The Bertz CT molecular complexity index is 745. The number of esters is 2. The minimum atomic E-state index is -0.127. The van der Waals surface area contributed by atoms with Gasteiger partial charge in [0.15, 0.2) is 0 Å². The molecule has 4 nitrogen and oxygen atoms in total. The second kappa shape index (κ2) is 14.4. The maximum Gasteiger partial charge on any atom is 0.309 e. The van der Waals surface area contributed by atoms with Gasteiger partial charge in [0, 0.05) is 0 Å². The summed E-state index contributed by atoms with van der Waals surface area (Å²) in [7, 11) is 0. The first kappa shape index (κ1) is 29.2. The highest BCUT2D eigenvalue weighted by Gasteiger charge is 2.23. The Hall–Kier alpha value is -1.84. The lowest BCUT2D eigenvalue weighted by Gasteiger charge is -2.24. The maximum absolute atomic E-state index is 12.7. The zero-order chi connectivity index (χ0) is 25.0. The van der Waals surface area contributed by atoms with Gasteiger partial charge in [-0.15, -0.1) is 0 Å². The molecule has 0 bridgehead atoms. The Morgan fingerprint density at radius 3 is 1.73 bits per heavy atom. The van der Waals surface area contributed by atoms with Crippen molar-refractivity contribution in [3.8, 4) is 0 Å². The van der Waals surface area contributed by atoms with E-state index in [2.05, 4.69) is 46.8 Å². The zero-order valence-electron chi connectivity index (χ0n) is 22.5. The van der Waals surface area contributed by atoms with Crippen LogP contribution in [0.2, 0.25) is 0 Å².